The average Bonchev–Trinajstić information content (AvgIpc) is 3.27. The van der Waals surface area contributed by atoms with Crippen molar-refractivity contribution in [2.45, 2.75) is 33.4 Å². The Hall–Kier alpha value is -4.50. The second-order valence-electron chi connectivity index (χ2n) is 9.27. The largest absolute Gasteiger partial charge is 0.490 e. The van der Waals surface area contributed by atoms with Crippen LogP contribution in [0.3, 0.4) is 0 Å². The number of carbonyl (C=O) groups excluding carboxylic acids is 1. The number of carbonyl (C=O) groups is 1. The lowest BCUT2D eigenvalue weighted by atomic mass is 9.96. The van der Waals surface area contributed by atoms with Gasteiger partial charge in [-0.15, -0.1) is 0 Å². The molecule has 0 saturated carbocycles. The van der Waals surface area contributed by atoms with Gasteiger partial charge in [0.25, 0.3) is 5.56 Å². The van der Waals surface area contributed by atoms with Gasteiger partial charge in [-0.25, -0.2) is 14.2 Å². The number of allylic oxidation sites excluding steroid dienone is 1. The third kappa shape index (κ3) is 6.00. The van der Waals surface area contributed by atoms with Gasteiger partial charge in [-0.2, -0.15) is 0 Å². The van der Waals surface area contributed by atoms with Crippen molar-refractivity contribution in [3.8, 4) is 11.5 Å². The van der Waals surface area contributed by atoms with Crippen molar-refractivity contribution in [3.05, 3.63) is 126 Å². The van der Waals surface area contributed by atoms with Crippen LogP contribution in [-0.2, 0) is 16.1 Å². The van der Waals surface area contributed by atoms with Gasteiger partial charge in [-0.3, -0.25) is 9.36 Å². The summed E-state index contributed by atoms with van der Waals surface area (Å²) < 4.78 is 32.4. The van der Waals surface area contributed by atoms with Gasteiger partial charge in [0.2, 0.25) is 0 Å². The number of benzene rings is 3. The summed E-state index contributed by atoms with van der Waals surface area (Å²) in [7, 11) is 0. The molecule has 0 aliphatic carbocycles. The summed E-state index contributed by atoms with van der Waals surface area (Å²) in [5.74, 6) is 0.266. The SMILES string of the molecule is CCOC(=O)C1=C(C)N=c2s/c(=C/c3ccc(OCc4ccc(F)cc4)c(OCC)c3)c(=O)n2[C@H]1c1ccccc1. The van der Waals surface area contributed by atoms with Gasteiger partial charge < -0.3 is 14.2 Å². The van der Waals surface area contributed by atoms with E-state index in [-0.39, 0.29) is 24.6 Å². The zero-order valence-corrected chi connectivity index (χ0v) is 23.7. The first-order valence-corrected chi connectivity index (χ1v) is 14.1. The first-order chi connectivity index (χ1) is 19.9. The standard InChI is InChI=1S/C32H29FN2O5S/c1-4-38-26-17-22(13-16-25(26)40-19-21-11-14-24(33)15-12-21)18-27-30(36)35-29(23-9-7-6-8-10-23)28(31(37)39-5-2)20(3)34-32(35)41-27/h6-18,29H,4-5,19H2,1-3H3/b27-18+/t29-/m0/s1. The van der Waals surface area contributed by atoms with Crippen LogP contribution in [-0.4, -0.2) is 23.8 Å². The zero-order valence-electron chi connectivity index (χ0n) is 22.9. The van der Waals surface area contributed by atoms with Crippen molar-refractivity contribution in [2.75, 3.05) is 13.2 Å². The Morgan fingerprint density at radius 1 is 1.00 bits per heavy atom. The lowest BCUT2D eigenvalue weighted by molar-refractivity contribution is -0.139. The van der Waals surface area contributed by atoms with Gasteiger partial charge in [0.1, 0.15) is 12.4 Å². The number of halogens is 1. The van der Waals surface area contributed by atoms with E-state index in [4.69, 9.17) is 14.2 Å². The van der Waals surface area contributed by atoms with Gasteiger partial charge in [0, 0.05) is 0 Å². The fourth-order valence-electron chi connectivity index (χ4n) is 4.64. The molecule has 0 unspecified atom stereocenters. The maximum Gasteiger partial charge on any atom is 0.338 e. The van der Waals surface area contributed by atoms with Crippen molar-refractivity contribution < 1.29 is 23.4 Å². The molecule has 41 heavy (non-hydrogen) atoms. The van der Waals surface area contributed by atoms with Crippen LogP contribution < -0.4 is 24.4 Å². The van der Waals surface area contributed by atoms with Crippen LogP contribution in [0.2, 0.25) is 0 Å². The van der Waals surface area contributed by atoms with E-state index in [1.807, 2.05) is 49.4 Å². The number of nitrogens with zero attached hydrogens (tertiary/aromatic N) is 2. The van der Waals surface area contributed by atoms with Crippen LogP contribution in [0, 0.1) is 5.82 Å². The average molecular weight is 573 g/mol. The highest BCUT2D eigenvalue weighted by Crippen LogP contribution is 2.31. The Kier molecular flexibility index (Phi) is 8.45. The molecule has 0 fully saturated rings. The van der Waals surface area contributed by atoms with Gasteiger partial charge in [-0.1, -0.05) is 59.9 Å². The number of hydrogen-bond donors (Lipinski definition) is 0. The summed E-state index contributed by atoms with van der Waals surface area (Å²) in [4.78, 5) is 31.9. The van der Waals surface area contributed by atoms with E-state index in [1.54, 1.807) is 42.7 Å². The minimum absolute atomic E-state index is 0.216. The van der Waals surface area contributed by atoms with Crippen LogP contribution >= 0.6 is 11.3 Å². The van der Waals surface area contributed by atoms with E-state index in [1.165, 1.54) is 23.5 Å². The van der Waals surface area contributed by atoms with E-state index in [9.17, 15) is 14.0 Å². The Morgan fingerprint density at radius 3 is 2.46 bits per heavy atom. The summed E-state index contributed by atoms with van der Waals surface area (Å²) >= 11 is 1.26. The highest BCUT2D eigenvalue weighted by Gasteiger charge is 2.33. The van der Waals surface area contributed by atoms with Crippen LogP contribution in [0.5, 0.6) is 11.5 Å². The first-order valence-electron chi connectivity index (χ1n) is 13.3. The van der Waals surface area contributed by atoms with Gasteiger partial charge >= 0.3 is 5.97 Å². The maximum absolute atomic E-state index is 13.8. The molecule has 2 heterocycles. The molecule has 7 nitrogen and oxygen atoms in total. The predicted molar refractivity (Wildman–Crippen MR) is 155 cm³/mol. The molecular formula is C32H29FN2O5S. The molecule has 0 bridgehead atoms. The quantitative estimate of drug-likeness (QED) is 0.266. The minimum atomic E-state index is -0.658. The zero-order chi connectivity index (χ0) is 28.9. The van der Waals surface area contributed by atoms with Crippen molar-refractivity contribution in [2.24, 2.45) is 4.99 Å². The molecule has 1 aliphatic rings. The Bertz CT molecular complexity index is 1780. The summed E-state index contributed by atoms with van der Waals surface area (Å²) in [6.45, 7) is 6.27. The monoisotopic (exact) mass is 572 g/mol. The topological polar surface area (TPSA) is 79.1 Å². The van der Waals surface area contributed by atoms with Crippen molar-refractivity contribution in [3.63, 3.8) is 0 Å². The molecule has 1 atom stereocenters. The van der Waals surface area contributed by atoms with Crippen LogP contribution in [0.25, 0.3) is 6.08 Å². The normalized spacial score (nSPS) is 14.8. The third-order valence-corrected chi connectivity index (χ3v) is 7.49. The number of esters is 1. The number of ether oxygens (including phenoxy) is 3. The summed E-state index contributed by atoms with van der Waals surface area (Å²) in [6, 6.07) is 20.3. The molecule has 0 spiro atoms. The number of fused-ring (bicyclic) bond motifs is 1. The number of thiazole rings is 1. The molecule has 0 radical (unpaired) electrons. The van der Waals surface area contributed by atoms with Crippen molar-refractivity contribution >= 4 is 23.4 Å². The Morgan fingerprint density at radius 2 is 1.76 bits per heavy atom. The Labute approximate surface area is 240 Å². The van der Waals surface area contributed by atoms with E-state index in [2.05, 4.69) is 4.99 Å². The van der Waals surface area contributed by atoms with Crippen LogP contribution in [0.15, 0.2) is 93.9 Å². The van der Waals surface area contributed by atoms with Gasteiger partial charge in [0.05, 0.1) is 35.1 Å². The molecule has 9 heteroatoms. The van der Waals surface area contributed by atoms with Crippen molar-refractivity contribution in [1.82, 2.24) is 4.57 Å². The number of hydrogen-bond acceptors (Lipinski definition) is 7. The van der Waals surface area contributed by atoms with E-state index in [0.29, 0.717) is 38.7 Å². The van der Waals surface area contributed by atoms with Crippen molar-refractivity contribution in [1.29, 1.82) is 0 Å². The third-order valence-electron chi connectivity index (χ3n) is 6.51. The van der Waals surface area contributed by atoms with E-state index in [0.717, 1.165) is 16.7 Å². The first kappa shape index (κ1) is 28.0. The summed E-state index contributed by atoms with van der Waals surface area (Å²) in [5, 5.41) is 0. The summed E-state index contributed by atoms with van der Waals surface area (Å²) in [6.07, 6.45) is 1.78. The maximum atomic E-state index is 13.8. The highest BCUT2D eigenvalue weighted by molar-refractivity contribution is 7.07. The second kappa shape index (κ2) is 12.3. The molecule has 1 aliphatic heterocycles. The minimum Gasteiger partial charge on any atom is -0.490 e. The van der Waals surface area contributed by atoms with E-state index < -0.39 is 12.0 Å². The van der Waals surface area contributed by atoms with Gasteiger partial charge in [0.15, 0.2) is 16.3 Å². The lowest BCUT2D eigenvalue weighted by Crippen LogP contribution is -2.39. The Balaban J connectivity index is 1.53. The molecule has 0 saturated heterocycles. The molecule has 1 aromatic heterocycles. The van der Waals surface area contributed by atoms with Crippen LogP contribution in [0.4, 0.5) is 4.39 Å². The molecule has 5 rings (SSSR count). The van der Waals surface area contributed by atoms with Crippen LogP contribution in [0.1, 0.15) is 43.5 Å². The van der Waals surface area contributed by atoms with Gasteiger partial charge in [-0.05, 0) is 67.8 Å². The molecule has 210 valence electrons. The highest BCUT2D eigenvalue weighted by atomic mass is 32.1. The van der Waals surface area contributed by atoms with E-state index >= 15 is 0 Å². The summed E-state index contributed by atoms with van der Waals surface area (Å²) in [5.41, 5.74) is 2.96. The predicted octanol–water partition coefficient (Wildman–Crippen LogP) is 4.92. The number of rotatable bonds is 9. The second-order valence-corrected chi connectivity index (χ2v) is 10.3. The molecule has 0 N–H and O–H groups in total. The molecule has 3 aromatic carbocycles. The lowest BCUT2D eigenvalue weighted by Gasteiger charge is -2.24. The smallest absolute Gasteiger partial charge is 0.338 e. The fraction of sp³-hybridized carbons (Fsp3) is 0.219. The fourth-order valence-corrected chi connectivity index (χ4v) is 5.68. The number of aromatic nitrogens is 1. The molecule has 0 amide bonds. The molecular weight excluding hydrogens is 543 g/mol. The molecule has 4 aromatic rings.